The molecule has 0 aromatic rings. The van der Waals surface area contributed by atoms with Gasteiger partial charge >= 0.3 is 0 Å². The zero-order chi connectivity index (χ0) is 8.77. The van der Waals surface area contributed by atoms with Crippen LogP contribution in [0, 0.1) is 0 Å². The summed E-state index contributed by atoms with van der Waals surface area (Å²) in [6.45, 7) is 7.13. The molecule has 2 fully saturated rings. The van der Waals surface area contributed by atoms with E-state index in [1.165, 1.54) is 32.1 Å². The third-order valence-electron chi connectivity index (χ3n) is 4.01. The maximum Gasteiger partial charge on any atom is 0.0312 e. The van der Waals surface area contributed by atoms with Crippen LogP contribution in [-0.4, -0.2) is 22.5 Å². The number of rotatable bonds is 1. The number of nitrogens with zero attached hydrogens (tertiary/aromatic N) is 1. The van der Waals surface area contributed by atoms with Crippen molar-refractivity contribution in [3.05, 3.63) is 0 Å². The Labute approximate surface area is 76.1 Å². The van der Waals surface area contributed by atoms with Crippen LogP contribution in [0.25, 0.3) is 0 Å². The van der Waals surface area contributed by atoms with Gasteiger partial charge in [-0.15, -0.1) is 0 Å². The predicted molar refractivity (Wildman–Crippen MR) is 52.3 cm³/mol. The van der Waals surface area contributed by atoms with Gasteiger partial charge < -0.3 is 0 Å². The molecule has 0 aromatic heterocycles. The summed E-state index contributed by atoms with van der Waals surface area (Å²) in [5.41, 5.74) is 0.516. The summed E-state index contributed by atoms with van der Waals surface area (Å²) >= 11 is 0. The zero-order valence-corrected chi connectivity index (χ0v) is 8.64. The van der Waals surface area contributed by atoms with Gasteiger partial charge in [0, 0.05) is 17.6 Å². The van der Waals surface area contributed by atoms with Gasteiger partial charge in [0.05, 0.1) is 0 Å². The lowest BCUT2D eigenvalue weighted by atomic mass is 9.95. The maximum absolute atomic E-state index is 2.71. The van der Waals surface area contributed by atoms with Crippen LogP contribution in [0.2, 0.25) is 0 Å². The molecule has 1 saturated heterocycles. The van der Waals surface area contributed by atoms with Gasteiger partial charge in [-0.1, -0.05) is 19.3 Å². The molecule has 0 aromatic carbocycles. The van der Waals surface area contributed by atoms with Crippen LogP contribution in [0.1, 0.15) is 52.9 Å². The summed E-state index contributed by atoms with van der Waals surface area (Å²) in [5, 5.41) is 0. The fourth-order valence-corrected chi connectivity index (χ4v) is 2.86. The van der Waals surface area contributed by atoms with E-state index in [4.69, 9.17) is 0 Å². The summed E-state index contributed by atoms with van der Waals surface area (Å²) in [7, 11) is 0. The molecule has 1 nitrogen and oxygen atoms in total. The molecule has 0 bridgehead atoms. The highest BCUT2D eigenvalue weighted by atomic mass is 15.4. The van der Waals surface area contributed by atoms with Crippen molar-refractivity contribution in [1.82, 2.24) is 4.90 Å². The first-order valence-electron chi connectivity index (χ1n) is 5.42. The minimum Gasteiger partial charge on any atom is -0.289 e. The Hall–Kier alpha value is -0.0400. The van der Waals surface area contributed by atoms with E-state index in [1.54, 1.807) is 0 Å². The summed E-state index contributed by atoms with van der Waals surface area (Å²) < 4.78 is 0. The molecule has 1 heteroatoms. The fraction of sp³-hybridized carbons (Fsp3) is 1.00. The average molecular weight is 167 g/mol. The second-order valence-electron chi connectivity index (χ2n) is 5.03. The van der Waals surface area contributed by atoms with Crippen LogP contribution >= 0.6 is 0 Å². The second-order valence-corrected chi connectivity index (χ2v) is 5.03. The number of hydrogen-bond acceptors (Lipinski definition) is 1. The van der Waals surface area contributed by atoms with Gasteiger partial charge in [0.25, 0.3) is 0 Å². The van der Waals surface area contributed by atoms with Crippen molar-refractivity contribution in [3.8, 4) is 0 Å². The highest BCUT2D eigenvalue weighted by Gasteiger charge is 2.54. The third-order valence-corrected chi connectivity index (χ3v) is 4.01. The van der Waals surface area contributed by atoms with E-state index in [2.05, 4.69) is 25.7 Å². The summed E-state index contributed by atoms with van der Waals surface area (Å²) in [6, 6.07) is 1.75. The monoisotopic (exact) mass is 167 g/mol. The van der Waals surface area contributed by atoms with Gasteiger partial charge in [-0.05, 0) is 33.6 Å². The highest BCUT2D eigenvalue weighted by molar-refractivity contribution is 5.11. The molecule has 2 rings (SSSR count). The molecule has 1 saturated carbocycles. The Bertz CT molecular complexity index is 168. The van der Waals surface area contributed by atoms with Crippen LogP contribution in [0.4, 0.5) is 0 Å². The molecule has 1 unspecified atom stereocenters. The molecule has 1 heterocycles. The second kappa shape index (κ2) is 2.73. The summed E-state index contributed by atoms with van der Waals surface area (Å²) in [6.07, 6.45) is 7.30. The molecule has 1 aliphatic heterocycles. The minimum atomic E-state index is 0.516. The van der Waals surface area contributed by atoms with E-state index in [0.717, 1.165) is 12.1 Å². The lowest BCUT2D eigenvalue weighted by Gasteiger charge is -2.25. The van der Waals surface area contributed by atoms with Crippen molar-refractivity contribution in [2.24, 2.45) is 0 Å². The molecule has 0 spiro atoms. The van der Waals surface area contributed by atoms with Crippen molar-refractivity contribution in [2.75, 3.05) is 0 Å². The lowest BCUT2D eigenvalue weighted by molar-refractivity contribution is 0.253. The Morgan fingerprint density at radius 2 is 1.58 bits per heavy atom. The largest absolute Gasteiger partial charge is 0.289 e. The molecule has 70 valence electrons. The molecule has 0 radical (unpaired) electrons. The van der Waals surface area contributed by atoms with Gasteiger partial charge in [0.2, 0.25) is 0 Å². The Morgan fingerprint density at radius 3 is 2.00 bits per heavy atom. The molecule has 2 aliphatic rings. The van der Waals surface area contributed by atoms with Gasteiger partial charge in [-0.25, -0.2) is 0 Å². The lowest BCUT2D eigenvalue weighted by Crippen LogP contribution is -2.26. The van der Waals surface area contributed by atoms with Crippen LogP contribution in [0.3, 0.4) is 0 Å². The van der Waals surface area contributed by atoms with Gasteiger partial charge in [-0.2, -0.15) is 0 Å². The first-order chi connectivity index (χ1) is 5.64. The summed E-state index contributed by atoms with van der Waals surface area (Å²) in [4.78, 5) is 2.71. The first-order valence-corrected chi connectivity index (χ1v) is 5.42. The van der Waals surface area contributed by atoms with Crippen molar-refractivity contribution < 1.29 is 0 Å². The van der Waals surface area contributed by atoms with Crippen LogP contribution in [0.5, 0.6) is 0 Å². The van der Waals surface area contributed by atoms with Crippen molar-refractivity contribution in [2.45, 2.75) is 70.5 Å². The molecule has 2 atom stereocenters. The molecule has 0 amide bonds. The SMILES string of the molecule is C[C@@H]1N(C2CCCCC2)C1(C)C. The highest BCUT2D eigenvalue weighted by Crippen LogP contribution is 2.45. The van der Waals surface area contributed by atoms with Crippen LogP contribution in [0.15, 0.2) is 0 Å². The molecule has 12 heavy (non-hydrogen) atoms. The Morgan fingerprint density at radius 1 is 1.08 bits per heavy atom. The zero-order valence-electron chi connectivity index (χ0n) is 8.64. The maximum atomic E-state index is 2.71. The fourth-order valence-electron chi connectivity index (χ4n) is 2.86. The third kappa shape index (κ3) is 1.19. The first kappa shape index (κ1) is 8.55. The van der Waals surface area contributed by atoms with Crippen molar-refractivity contribution in [1.29, 1.82) is 0 Å². The predicted octanol–water partition coefficient (Wildman–Crippen LogP) is 2.80. The molecule has 1 aliphatic carbocycles. The van der Waals surface area contributed by atoms with Gasteiger partial charge in [-0.3, -0.25) is 4.90 Å². The van der Waals surface area contributed by atoms with Gasteiger partial charge in [0.15, 0.2) is 0 Å². The van der Waals surface area contributed by atoms with Crippen molar-refractivity contribution in [3.63, 3.8) is 0 Å². The standard InChI is InChI=1S/C11H21N/c1-9-11(2,3)12(9)10-7-5-4-6-8-10/h9-10H,4-8H2,1-3H3/t9-,12?/m0/s1. The van der Waals surface area contributed by atoms with E-state index < -0.39 is 0 Å². The quantitative estimate of drug-likeness (QED) is 0.543. The topological polar surface area (TPSA) is 3.01 Å². The molecular weight excluding hydrogens is 146 g/mol. The average Bonchev–Trinajstić information content (AvgIpc) is 2.53. The van der Waals surface area contributed by atoms with E-state index in [-0.39, 0.29) is 0 Å². The molecule has 0 N–H and O–H groups in total. The number of hydrogen-bond donors (Lipinski definition) is 0. The summed E-state index contributed by atoms with van der Waals surface area (Å²) in [5.74, 6) is 0. The van der Waals surface area contributed by atoms with E-state index in [1.807, 2.05) is 0 Å². The van der Waals surface area contributed by atoms with E-state index >= 15 is 0 Å². The Kier molecular flexibility index (Phi) is 1.95. The molecular formula is C11H21N. The smallest absolute Gasteiger partial charge is 0.0312 e. The van der Waals surface area contributed by atoms with Crippen LogP contribution in [-0.2, 0) is 0 Å². The van der Waals surface area contributed by atoms with Gasteiger partial charge in [0.1, 0.15) is 0 Å². The van der Waals surface area contributed by atoms with E-state index in [0.29, 0.717) is 5.54 Å². The van der Waals surface area contributed by atoms with Crippen molar-refractivity contribution >= 4 is 0 Å². The normalized spacial score (nSPS) is 41.2. The Balaban J connectivity index is 1.93. The van der Waals surface area contributed by atoms with Crippen LogP contribution < -0.4 is 0 Å². The minimum absolute atomic E-state index is 0.516. The van der Waals surface area contributed by atoms with E-state index in [9.17, 15) is 0 Å².